The van der Waals surface area contributed by atoms with Gasteiger partial charge in [-0.15, -0.1) is 0 Å². The summed E-state index contributed by atoms with van der Waals surface area (Å²) in [5, 5.41) is 2.97. The van der Waals surface area contributed by atoms with Gasteiger partial charge in [-0.05, 0) is 50.7 Å². The number of allylic oxidation sites excluding steroid dienone is 2. The Kier molecular flexibility index (Phi) is 11.5. The fourth-order valence-corrected chi connectivity index (χ4v) is 2.40. The predicted molar refractivity (Wildman–Crippen MR) is 101 cm³/mol. The second-order valence-electron chi connectivity index (χ2n) is 5.93. The van der Waals surface area contributed by atoms with Crippen molar-refractivity contribution in [1.29, 1.82) is 0 Å². The van der Waals surface area contributed by atoms with E-state index in [1.165, 1.54) is 18.4 Å². The molecule has 3 nitrogen and oxygen atoms in total. The van der Waals surface area contributed by atoms with Gasteiger partial charge in [0, 0.05) is 13.0 Å². The summed E-state index contributed by atoms with van der Waals surface area (Å²) in [5.74, 6) is 1.10. The van der Waals surface area contributed by atoms with Gasteiger partial charge in [-0.2, -0.15) is 0 Å². The standard InChI is InChI=1S/C21H32NO2/c1-3-5-7-13-19-14-8-9-15-20(19)24-18-12-10-16-21(23)22-17-11-6-4-2/h5,7-9,14-15H,1,3-4,6,10-13,16-18H2,2H3,(H,22,23)/b7-5+. The quantitative estimate of drug-likeness (QED) is 0.414. The maximum Gasteiger partial charge on any atom is 0.219 e. The number of para-hydroxylation sites is 1. The zero-order chi connectivity index (χ0) is 17.5. The molecule has 1 rings (SSSR count). The summed E-state index contributed by atoms with van der Waals surface area (Å²) in [6.07, 6.45) is 11.6. The average molecular weight is 330 g/mol. The number of carbonyl (C=O) groups is 1. The van der Waals surface area contributed by atoms with E-state index in [2.05, 4.69) is 37.4 Å². The number of hydrogen-bond donors (Lipinski definition) is 1. The Balaban J connectivity index is 2.19. The molecule has 0 aromatic heterocycles. The first-order chi connectivity index (χ1) is 11.8. The van der Waals surface area contributed by atoms with Crippen molar-refractivity contribution in [1.82, 2.24) is 5.32 Å². The van der Waals surface area contributed by atoms with Crippen LogP contribution in [0.5, 0.6) is 5.75 Å². The third kappa shape index (κ3) is 9.39. The van der Waals surface area contributed by atoms with Crippen molar-refractivity contribution >= 4 is 5.91 Å². The number of rotatable bonds is 13. The first-order valence-electron chi connectivity index (χ1n) is 9.19. The lowest BCUT2D eigenvalue weighted by atomic mass is 10.1. The summed E-state index contributed by atoms with van der Waals surface area (Å²) in [5.41, 5.74) is 1.19. The molecule has 0 heterocycles. The highest BCUT2D eigenvalue weighted by Gasteiger charge is 2.03. The van der Waals surface area contributed by atoms with Crippen LogP contribution < -0.4 is 10.1 Å². The Morgan fingerprint density at radius 3 is 2.79 bits per heavy atom. The molecule has 0 bridgehead atoms. The van der Waals surface area contributed by atoms with E-state index in [1.807, 2.05) is 18.2 Å². The molecule has 0 saturated carbocycles. The van der Waals surface area contributed by atoms with Crippen molar-refractivity contribution in [2.75, 3.05) is 13.2 Å². The summed E-state index contributed by atoms with van der Waals surface area (Å²) in [6.45, 7) is 7.42. The van der Waals surface area contributed by atoms with Gasteiger partial charge in [0.05, 0.1) is 6.61 Å². The van der Waals surface area contributed by atoms with Gasteiger partial charge in [0.25, 0.3) is 0 Å². The largest absolute Gasteiger partial charge is 0.493 e. The molecule has 0 atom stereocenters. The molecule has 1 radical (unpaired) electrons. The number of carbonyl (C=O) groups excluding carboxylic acids is 1. The second kappa shape index (κ2) is 13.6. The molecule has 1 N–H and O–H groups in total. The first-order valence-corrected chi connectivity index (χ1v) is 9.19. The van der Waals surface area contributed by atoms with E-state index in [1.54, 1.807) is 0 Å². The van der Waals surface area contributed by atoms with E-state index in [4.69, 9.17) is 4.74 Å². The maximum atomic E-state index is 11.7. The van der Waals surface area contributed by atoms with Crippen LogP contribution in [0, 0.1) is 6.92 Å². The van der Waals surface area contributed by atoms with Crippen LogP contribution in [0.2, 0.25) is 0 Å². The number of benzene rings is 1. The summed E-state index contributed by atoms with van der Waals surface area (Å²) in [6, 6.07) is 8.12. The first kappa shape index (κ1) is 20.3. The molecule has 1 aromatic carbocycles. The monoisotopic (exact) mass is 330 g/mol. The molecule has 0 spiro atoms. The van der Waals surface area contributed by atoms with Crippen LogP contribution in [-0.2, 0) is 11.2 Å². The lowest BCUT2D eigenvalue weighted by Gasteiger charge is -2.10. The number of unbranched alkanes of at least 4 members (excludes halogenated alkanes) is 3. The van der Waals surface area contributed by atoms with Crippen molar-refractivity contribution in [3.63, 3.8) is 0 Å². The van der Waals surface area contributed by atoms with E-state index in [-0.39, 0.29) is 5.91 Å². The Morgan fingerprint density at radius 2 is 2.00 bits per heavy atom. The van der Waals surface area contributed by atoms with E-state index in [0.29, 0.717) is 13.0 Å². The molecule has 0 saturated heterocycles. The normalized spacial score (nSPS) is 10.9. The lowest BCUT2D eigenvalue weighted by Crippen LogP contribution is -2.24. The zero-order valence-electron chi connectivity index (χ0n) is 15.1. The van der Waals surface area contributed by atoms with Crippen LogP contribution in [-0.4, -0.2) is 19.1 Å². The predicted octanol–water partition coefficient (Wildman–Crippen LogP) is 4.86. The molecule has 0 unspecified atom stereocenters. The SMILES string of the molecule is [CH2]C/C=C/Cc1ccccc1OCCCCC(=O)NCCCCC. The molecule has 24 heavy (non-hydrogen) atoms. The molecule has 0 fully saturated rings. The van der Waals surface area contributed by atoms with Crippen LogP contribution in [0.15, 0.2) is 36.4 Å². The summed E-state index contributed by atoms with van der Waals surface area (Å²) in [4.78, 5) is 11.7. The van der Waals surface area contributed by atoms with Crippen LogP contribution >= 0.6 is 0 Å². The minimum atomic E-state index is 0.157. The number of nitrogens with one attached hydrogen (secondary N) is 1. The minimum absolute atomic E-state index is 0.157. The van der Waals surface area contributed by atoms with Gasteiger partial charge in [-0.3, -0.25) is 4.79 Å². The molecule has 0 aliphatic rings. The summed E-state index contributed by atoms with van der Waals surface area (Å²) < 4.78 is 5.88. The molecule has 0 aliphatic heterocycles. The van der Waals surface area contributed by atoms with Crippen molar-refractivity contribution in [3.05, 3.63) is 48.9 Å². The fourth-order valence-electron chi connectivity index (χ4n) is 2.40. The number of hydrogen-bond acceptors (Lipinski definition) is 2. The number of ether oxygens (including phenoxy) is 1. The van der Waals surface area contributed by atoms with Crippen molar-refractivity contribution < 1.29 is 9.53 Å². The average Bonchev–Trinajstić information content (AvgIpc) is 2.60. The third-order valence-corrected chi connectivity index (χ3v) is 3.80. The minimum Gasteiger partial charge on any atom is -0.493 e. The van der Waals surface area contributed by atoms with E-state index in [0.717, 1.165) is 44.4 Å². The maximum absolute atomic E-state index is 11.7. The summed E-state index contributed by atoms with van der Waals surface area (Å²) in [7, 11) is 0. The molecule has 3 heteroatoms. The Labute approximate surface area is 147 Å². The van der Waals surface area contributed by atoms with Gasteiger partial charge in [-0.1, -0.05) is 50.1 Å². The van der Waals surface area contributed by atoms with Gasteiger partial charge in [0.2, 0.25) is 5.91 Å². The van der Waals surface area contributed by atoms with Gasteiger partial charge in [0.1, 0.15) is 5.75 Å². The molecular formula is C21H32NO2. The van der Waals surface area contributed by atoms with Crippen LogP contribution in [0.1, 0.15) is 57.4 Å². The molecular weight excluding hydrogens is 298 g/mol. The summed E-state index contributed by atoms with van der Waals surface area (Å²) >= 11 is 0. The van der Waals surface area contributed by atoms with E-state index >= 15 is 0 Å². The van der Waals surface area contributed by atoms with Crippen LogP contribution in [0.4, 0.5) is 0 Å². The highest BCUT2D eigenvalue weighted by Crippen LogP contribution is 2.19. The van der Waals surface area contributed by atoms with Gasteiger partial charge < -0.3 is 10.1 Å². The van der Waals surface area contributed by atoms with E-state index in [9.17, 15) is 4.79 Å². The molecule has 1 amide bonds. The van der Waals surface area contributed by atoms with Gasteiger partial charge in [0.15, 0.2) is 0 Å². The zero-order valence-corrected chi connectivity index (χ0v) is 15.1. The molecule has 133 valence electrons. The topological polar surface area (TPSA) is 38.3 Å². The van der Waals surface area contributed by atoms with Crippen molar-refractivity contribution in [2.24, 2.45) is 0 Å². The Morgan fingerprint density at radius 1 is 1.17 bits per heavy atom. The lowest BCUT2D eigenvalue weighted by molar-refractivity contribution is -0.121. The molecule has 0 aliphatic carbocycles. The van der Waals surface area contributed by atoms with Crippen molar-refractivity contribution in [2.45, 2.75) is 58.3 Å². The highest BCUT2D eigenvalue weighted by atomic mass is 16.5. The highest BCUT2D eigenvalue weighted by molar-refractivity contribution is 5.75. The number of amides is 1. The smallest absolute Gasteiger partial charge is 0.219 e. The van der Waals surface area contributed by atoms with Crippen LogP contribution in [0.25, 0.3) is 0 Å². The van der Waals surface area contributed by atoms with Crippen LogP contribution in [0.3, 0.4) is 0 Å². The fraction of sp³-hybridized carbons (Fsp3) is 0.524. The molecule has 1 aromatic rings. The Bertz CT molecular complexity index is 482. The van der Waals surface area contributed by atoms with Crippen molar-refractivity contribution in [3.8, 4) is 5.75 Å². The second-order valence-corrected chi connectivity index (χ2v) is 5.93. The third-order valence-electron chi connectivity index (χ3n) is 3.80. The van der Waals surface area contributed by atoms with Gasteiger partial charge in [-0.25, -0.2) is 0 Å². The van der Waals surface area contributed by atoms with Gasteiger partial charge >= 0.3 is 0 Å². The Hall–Kier alpha value is -1.77. The van der Waals surface area contributed by atoms with E-state index < -0.39 is 0 Å².